The highest BCUT2D eigenvalue weighted by molar-refractivity contribution is 5.48. The molecule has 2 aliphatic heterocycles. The Morgan fingerprint density at radius 2 is 1.16 bits per heavy atom. The summed E-state index contributed by atoms with van der Waals surface area (Å²) in [4.78, 5) is 7.67. The van der Waals surface area contributed by atoms with Crippen molar-refractivity contribution in [1.29, 1.82) is 0 Å². The molecule has 2 heterocycles. The Bertz CT molecular complexity index is 817. The van der Waals surface area contributed by atoms with Crippen LogP contribution in [-0.2, 0) is 0 Å². The van der Waals surface area contributed by atoms with Crippen LogP contribution in [-0.4, -0.2) is 61.2 Å². The number of nitrogens with zero attached hydrogens (tertiary/aromatic N) is 3. The molecule has 3 aliphatic rings. The molecule has 2 saturated heterocycles. The molecule has 0 amide bonds. The molecule has 0 unspecified atom stereocenters. The van der Waals surface area contributed by atoms with Crippen LogP contribution in [0.25, 0.3) is 0 Å². The van der Waals surface area contributed by atoms with E-state index in [4.69, 9.17) is 0 Å². The van der Waals surface area contributed by atoms with Crippen molar-refractivity contribution in [2.24, 2.45) is 0 Å². The van der Waals surface area contributed by atoms with Crippen molar-refractivity contribution in [3.8, 4) is 0 Å². The van der Waals surface area contributed by atoms with Crippen molar-refractivity contribution in [3.05, 3.63) is 66.0 Å². The molecule has 5 rings (SSSR count). The van der Waals surface area contributed by atoms with Gasteiger partial charge in [-0.15, -0.1) is 0 Å². The molecule has 2 aromatic rings. The minimum absolute atomic E-state index is 0.0914. The Balaban J connectivity index is 1.07. The van der Waals surface area contributed by atoms with Crippen LogP contribution in [0.3, 0.4) is 0 Å². The zero-order valence-electron chi connectivity index (χ0n) is 18.6. The summed E-state index contributed by atoms with van der Waals surface area (Å²) < 4.78 is 14.1. The molecule has 0 bridgehead atoms. The number of anilines is 1. The van der Waals surface area contributed by atoms with Crippen molar-refractivity contribution < 1.29 is 4.39 Å². The molecule has 4 heteroatoms. The number of halogens is 1. The summed E-state index contributed by atoms with van der Waals surface area (Å²) in [7, 11) is 0. The predicted molar refractivity (Wildman–Crippen MR) is 126 cm³/mol. The molecule has 166 valence electrons. The summed E-state index contributed by atoms with van der Waals surface area (Å²) in [6, 6.07) is 19.8. The third-order valence-corrected chi connectivity index (χ3v) is 8.01. The van der Waals surface area contributed by atoms with Gasteiger partial charge in [-0.2, -0.15) is 0 Å². The van der Waals surface area contributed by atoms with E-state index in [9.17, 15) is 4.39 Å². The minimum Gasteiger partial charge on any atom is -0.367 e. The maximum atomic E-state index is 14.1. The normalized spacial score (nSPS) is 26.8. The number of benzene rings is 2. The van der Waals surface area contributed by atoms with Crippen LogP contribution in [0.2, 0.25) is 0 Å². The van der Waals surface area contributed by atoms with Crippen molar-refractivity contribution in [2.75, 3.05) is 44.2 Å². The molecule has 0 atom stereocenters. The van der Waals surface area contributed by atoms with Crippen LogP contribution in [0.4, 0.5) is 10.1 Å². The number of rotatable bonds is 4. The molecule has 1 saturated carbocycles. The Morgan fingerprint density at radius 1 is 0.581 bits per heavy atom. The number of piperazine rings is 1. The van der Waals surface area contributed by atoms with E-state index in [0.29, 0.717) is 6.04 Å². The van der Waals surface area contributed by atoms with Gasteiger partial charge in [-0.05, 0) is 75.2 Å². The molecule has 31 heavy (non-hydrogen) atoms. The average molecular weight is 422 g/mol. The van der Waals surface area contributed by atoms with Gasteiger partial charge >= 0.3 is 0 Å². The number of piperidine rings is 1. The van der Waals surface area contributed by atoms with Crippen LogP contribution in [0.5, 0.6) is 0 Å². The first-order valence-electron chi connectivity index (χ1n) is 12.3. The van der Waals surface area contributed by atoms with Crippen molar-refractivity contribution in [3.63, 3.8) is 0 Å². The Labute approximate surface area is 186 Å². The summed E-state index contributed by atoms with van der Waals surface area (Å²) in [6.45, 7) is 6.48. The topological polar surface area (TPSA) is 9.72 Å². The fourth-order valence-corrected chi connectivity index (χ4v) is 6.15. The van der Waals surface area contributed by atoms with E-state index in [-0.39, 0.29) is 5.82 Å². The molecular weight excluding hydrogens is 385 g/mol. The smallest absolute Gasteiger partial charge is 0.146 e. The van der Waals surface area contributed by atoms with Crippen molar-refractivity contribution in [1.82, 2.24) is 9.80 Å². The van der Waals surface area contributed by atoms with E-state index in [1.807, 2.05) is 12.1 Å². The maximum Gasteiger partial charge on any atom is 0.146 e. The van der Waals surface area contributed by atoms with Gasteiger partial charge in [0.15, 0.2) is 0 Å². The van der Waals surface area contributed by atoms with Gasteiger partial charge in [0.2, 0.25) is 0 Å². The molecule has 3 nitrogen and oxygen atoms in total. The van der Waals surface area contributed by atoms with Crippen molar-refractivity contribution >= 4 is 5.69 Å². The summed E-state index contributed by atoms with van der Waals surface area (Å²) in [5.74, 6) is 0.673. The SMILES string of the molecule is Fc1ccccc1N1CCN(C2CCN(C3CCC(c4ccccc4)CC3)CC2)CC1. The zero-order chi connectivity index (χ0) is 21.0. The quantitative estimate of drug-likeness (QED) is 0.677. The summed E-state index contributed by atoms with van der Waals surface area (Å²) >= 11 is 0. The molecular formula is C27H36FN3. The second-order valence-electron chi connectivity index (χ2n) is 9.66. The van der Waals surface area contributed by atoms with E-state index in [1.54, 1.807) is 12.1 Å². The first kappa shape index (κ1) is 21.0. The first-order chi connectivity index (χ1) is 15.3. The van der Waals surface area contributed by atoms with Crippen LogP contribution in [0.15, 0.2) is 54.6 Å². The third-order valence-electron chi connectivity index (χ3n) is 8.01. The number of hydrogen-bond acceptors (Lipinski definition) is 3. The van der Waals surface area contributed by atoms with Gasteiger partial charge in [0.25, 0.3) is 0 Å². The molecule has 0 N–H and O–H groups in total. The predicted octanol–water partition coefficient (Wildman–Crippen LogP) is 5.14. The zero-order valence-corrected chi connectivity index (χ0v) is 18.6. The van der Waals surface area contributed by atoms with Crippen LogP contribution >= 0.6 is 0 Å². The molecule has 3 fully saturated rings. The Hall–Kier alpha value is -1.91. The monoisotopic (exact) mass is 421 g/mol. The number of likely N-dealkylation sites (tertiary alicyclic amines) is 1. The van der Waals surface area contributed by atoms with Gasteiger partial charge in [-0.3, -0.25) is 4.90 Å². The number of para-hydroxylation sites is 1. The van der Waals surface area contributed by atoms with E-state index in [0.717, 1.165) is 43.8 Å². The largest absolute Gasteiger partial charge is 0.367 e. The van der Waals surface area contributed by atoms with Gasteiger partial charge in [0.1, 0.15) is 5.82 Å². The second kappa shape index (κ2) is 9.70. The lowest BCUT2D eigenvalue weighted by molar-refractivity contribution is 0.0656. The van der Waals surface area contributed by atoms with Gasteiger partial charge in [0.05, 0.1) is 5.69 Å². The lowest BCUT2D eigenvalue weighted by Crippen LogP contribution is -2.54. The number of hydrogen-bond donors (Lipinski definition) is 0. The van der Waals surface area contributed by atoms with E-state index in [2.05, 4.69) is 45.0 Å². The Kier molecular flexibility index (Phi) is 6.56. The molecule has 1 aliphatic carbocycles. The molecule has 2 aromatic carbocycles. The molecule has 0 aromatic heterocycles. The van der Waals surface area contributed by atoms with Crippen LogP contribution < -0.4 is 4.90 Å². The third kappa shape index (κ3) is 4.80. The highest BCUT2D eigenvalue weighted by atomic mass is 19.1. The first-order valence-corrected chi connectivity index (χ1v) is 12.3. The lowest BCUT2D eigenvalue weighted by atomic mass is 9.81. The van der Waals surface area contributed by atoms with Gasteiger partial charge < -0.3 is 9.80 Å². The summed E-state index contributed by atoms with van der Waals surface area (Å²) in [5.41, 5.74) is 2.30. The van der Waals surface area contributed by atoms with Crippen molar-refractivity contribution in [2.45, 2.75) is 56.5 Å². The van der Waals surface area contributed by atoms with E-state index in [1.165, 1.54) is 57.2 Å². The van der Waals surface area contributed by atoms with E-state index >= 15 is 0 Å². The molecule has 0 spiro atoms. The van der Waals surface area contributed by atoms with Gasteiger partial charge in [0, 0.05) is 38.3 Å². The fraction of sp³-hybridized carbons (Fsp3) is 0.556. The van der Waals surface area contributed by atoms with Gasteiger partial charge in [-0.1, -0.05) is 42.5 Å². The molecule has 0 radical (unpaired) electrons. The standard InChI is InChI=1S/C27H36FN3/c28-26-8-4-5-9-27(26)31-20-18-30(19-21-31)25-14-16-29(17-15-25)24-12-10-23(11-13-24)22-6-2-1-3-7-22/h1-9,23-25H,10-21H2. The van der Waals surface area contributed by atoms with Gasteiger partial charge in [-0.25, -0.2) is 4.39 Å². The highest BCUT2D eigenvalue weighted by Crippen LogP contribution is 2.35. The summed E-state index contributed by atoms with van der Waals surface area (Å²) in [5, 5.41) is 0. The maximum absolute atomic E-state index is 14.1. The fourth-order valence-electron chi connectivity index (χ4n) is 6.15. The van der Waals surface area contributed by atoms with E-state index < -0.39 is 0 Å². The Morgan fingerprint density at radius 3 is 1.84 bits per heavy atom. The second-order valence-corrected chi connectivity index (χ2v) is 9.66. The minimum atomic E-state index is -0.0914. The van der Waals surface area contributed by atoms with Crippen LogP contribution in [0.1, 0.15) is 50.0 Å². The highest BCUT2D eigenvalue weighted by Gasteiger charge is 2.32. The van der Waals surface area contributed by atoms with Crippen LogP contribution in [0, 0.1) is 5.82 Å². The average Bonchev–Trinajstić information content (AvgIpc) is 2.85. The lowest BCUT2D eigenvalue weighted by Gasteiger charge is -2.46. The summed E-state index contributed by atoms with van der Waals surface area (Å²) in [6.07, 6.45) is 7.97.